The number of nitrogens with one attached hydrogen (secondary N) is 1. The first-order chi connectivity index (χ1) is 30.2. The van der Waals surface area contributed by atoms with Crippen molar-refractivity contribution in [1.29, 1.82) is 0 Å². The predicted molar refractivity (Wildman–Crippen MR) is 240 cm³/mol. The maximum Gasteiger partial charge on any atom is 0.326 e. The van der Waals surface area contributed by atoms with E-state index in [9.17, 15) is 14.7 Å². The molecule has 2 aliphatic heterocycles. The number of benzene rings is 5. The van der Waals surface area contributed by atoms with Gasteiger partial charge in [0.05, 0.1) is 16.1 Å². The second kappa shape index (κ2) is 18.2. The van der Waals surface area contributed by atoms with Gasteiger partial charge in [-0.1, -0.05) is 103 Å². The molecule has 2 N–H and O–H groups in total. The first-order valence-electron chi connectivity index (χ1n) is 21.2. The predicted octanol–water partition coefficient (Wildman–Crippen LogP) is 10.3. The van der Waals surface area contributed by atoms with Gasteiger partial charge in [0, 0.05) is 30.9 Å². The summed E-state index contributed by atoms with van der Waals surface area (Å²) in [6.45, 7) is 3.24. The molecule has 3 aliphatic rings. The number of carbonyl (C=O) groups is 2. The number of carboxylic acids is 1. The van der Waals surface area contributed by atoms with Crippen LogP contribution in [0, 0.1) is 0 Å². The molecule has 1 amide bonds. The number of fused-ring (bicyclic) bond motifs is 3. The van der Waals surface area contributed by atoms with Gasteiger partial charge < -0.3 is 24.6 Å². The summed E-state index contributed by atoms with van der Waals surface area (Å²) >= 11 is 12.2. The Hall–Kier alpha value is -5.87. The monoisotopic (exact) mass is 867 g/mol. The molecule has 11 heteroatoms. The minimum absolute atomic E-state index is 0.0936. The lowest BCUT2D eigenvalue weighted by Crippen LogP contribution is -2.55. The van der Waals surface area contributed by atoms with E-state index in [2.05, 4.69) is 40.3 Å². The first-order valence-corrected chi connectivity index (χ1v) is 22.0. The van der Waals surface area contributed by atoms with Gasteiger partial charge in [0.15, 0.2) is 17.6 Å². The molecular weight excluding hydrogens is 821 g/mol. The molecule has 0 radical (unpaired) electrons. The summed E-state index contributed by atoms with van der Waals surface area (Å²) in [6.07, 6.45) is 5.93. The van der Waals surface area contributed by atoms with Crippen molar-refractivity contribution in [3.05, 3.63) is 176 Å². The van der Waals surface area contributed by atoms with E-state index in [0.717, 1.165) is 70.3 Å². The topological polar surface area (TPSA) is 110 Å². The molecule has 0 fully saturated rings. The average Bonchev–Trinajstić information content (AvgIpc) is 3.79. The van der Waals surface area contributed by atoms with Gasteiger partial charge in [0.25, 0.3) is 0 Å². The number of halogens is 2. The van der Waals surface area contributed by atoms with E-state index >= 15 is 0 Å². The van der Waals surface area contributed by atoms with Crippen molar-refractivity contribution in [1.82, 2.24) is 15.2 Å². The highest BCUT2D eigenvalue weighted by Gasteiger charge is 2.39. The Morgan fingerprint density at radius 1 is 0.887 bits per heavy atom. The highest BCUT2D eigenvalue weighted by atomic mass is 35.5. The quantitative estimate of drug-likeness (QED) is 0.118. The lowest BCUT2D eigenvalue weighted by atomic mass is 9.89. The van der Waals surface area contributed by atoms with E-state index in [0.29, 0.717) is 53.5 Å². The van der Waals surface area contributed by atoms with Crippen molar-refractivity contribution in [3.63, 3.8) is 0 Å². The molecule has 62 heavy (non-hydrogen) atoms. The Balaban J connectivity index is 0.916. The number of hydrogen-bond acceptors (Lipinski definition) is 7. The van der Waals surface area contributed by atoms with Crippen molar-refractivity contribution in [2.45, 2.75) is 82.8 Å². The molecule has 0 saturated carbocycles. The third-order valence-corrected chi connectivity index (χ3v) is 13.1. The Morgan fingerprint density at radius 2 is 1.66 bits per heavy atom. The summed E-state index contributed by atoms with van der Waals surface area (Å²) in [7, 11) is 0. The summed E-state index contributed by atoms with van der Waals surface area (Å²) in [6, 6.07) is 35.6. The van der Waals surface area contributed by atoms with Crippen molar-refractivity contribution in [2.24, 2.45) is 0 Å². The highest BCUT2D eigenvalue weighted by Crippen LogP contribution is 2.43. The number of carboxylic acid groups (broad SMARTS) is 1. The van der Waals surface area contributed by atoms with Crippen LogP contribution in [0.1, 0.15) is 76.5 Å². The SMILES string of the molecule is CC[C@@H](c1ccccc1)N1Cc2cc3c(cc2C[C@H]1C(=O)NC(Cc1ccc(-c2ccnc4c2CCC4)cc1)C(=O)O)OC[C@H](c1ccc(OCc2ccc(Cl)c(Cl)c2)cc1)O3. The van der Waals surface area contributed by atoms with Gasteiger partial charge in [-0.2, -0.15) is 0 Å². The number of hydrogen-bond donors (Lipinski definition) is 2. The van der Waals surface area contributed by atoms with Gasteiger partial charge in [-0.15, -0.1) is 0 Å². The third-order valence-electron chi connectivity index (χ3n) is 12.3. The number of rotatable bonds is 13. The highest BCUT2D eigenvalue weighted by molar-refractivity contribution is 6.42. The zero-order chi connectivity index (χ0) is 42.7. The minimum Gasteiger partial charge on any atom is -0.489 e. The molecule has 0 bridgehead atoms. The van der Waals surface area contributed by atoms with E-state index in [1.807, 2.05) is 91.1 Å². The molecule has 0 saturated heterocycles. The number of pyridine rings is 1. The number of aliphatic carboxylic acids is 1. The van der Waals surface area contributed by atoms with Crippen LogP contribution in [-0.2, 0) is 48.4 Å². The van der Waals surface area contributed by atoms with Crippen LogP contribution in [0.3, 0.4) is 0 Å². The summed E-state index contributed by atoms with van der Waals surface area (Å²) in [4.78, 5) is 34.0. The zero-order valence-electron chi connectivity index (χ0n) is 34.4. The third kappa shape index (κ3) is 8.89. The number of amides is 1. The Bertz CT molecular complexity index is 2590. The van der Waals surface area contributed by atoms with Crippen LogP contribution >= 0.6 is 23.2 Å². The number of nitrogens with zero attached hydrogens (tertiary/aromatic N) is 2. The van der Waals surface area contributed by atoms with Gasteiger partial charge in [-0.3, -0.25) is 14.7 Å². The molecule has 9 nitrogen and oxygen atoms in total. The summed E-state index contributed by atoms with van der Waals surface area (Å²) in [5.74, 6) is 0.572. The second-order valence-corrected chi connectivity index (χ2v) is 17.1. The summed E-state index contributed by atoms with van der Waals surface area (Å²) in [5.41, 5.74) is 10.5. The van der Waals surface area contributed by atoms with Crippen LogP contribution in [-0.4, -0.2) is 45.6 Å². The number of aromatic nitrogens is 1. The smallest absolute Gasteiger partial charge is 0.326 e. The lowest BCUT2D eigenvalue weighted by Gasteiger charge is -2.42. The molecule has 1 unspecified atom stereocenters. The summed E-state index contributed by atoms with van der Waals surface area (Å²) < 4.78 is 18.9. The van der Waals surface area contributed by atoms with E-state index in [4.69, 9.17) is 37.4 Å². The number of aryl methyl sites for hydroxylation is 1. The number of ether oxygens (including phenoxy) is 3. The number of carbonyl (C=O) groups excluding carboxylic acids is 1. The normalized spacial score (nSPS) is 17.7. The Morgan fingerprint density at radius 3 is 2.42 bits per heavy atom. The van der Waals surface area contributed by atoms with Crippen molar-refractivity contribution >= 4 is 35.1 Å². The summed E-state index contributed by atoms with van der Waals surface area (Å²) in [5, 5.41) is 14.4. The van der Waals surface area contributed by atoms with Crippen molar-refractivity contribution < 1.29 is 28.9 Å². The van der Waals surface area contributed by atoms with Crippen molar-refractivity contribution in [2.75, 3.05) is 6.61 Å². The van der Waals surface area contributed by atoms with Crippen molar-refractivity contribution in [3.8, 4) is 28.4 Å². The fraction of sp³-hybridized carbons (Fsp3) is 0.275. The Labute approximate surface area is 371 Å². The Kier molecular flexibility index (Phi) is 12.2. The molecule has 1 aromatic heterocycles. The van der Waals surface area contributed by atoms with E-state index in [-0.39, 0.29) is 24.5 Å². The van der Waals surface area contributed by atoms with Crippen LogP contribution in [0.5, 0.6) is 17.2 Å². The van der Waals surface area contributed by atoms with Crippen LogP contribution in [0.25, 0.3) is 11.1 Å². The molecule has 1 aliphatic carbocycles. The lowest BCUT2D eigenvalue weighted by molar-refractivity contribution is -0.143. The van der Waals surface area contributed by atoms with E-state index in [1.54, 1.807) is 12.1 Å². The largest absolute Gasteiger partial charge is 0.489 e. The standard InChI is InChI=1S/C51H47Cl2N3O6/c1-2-45(34-7-4-3-5-8-34)56-28-37-27-48-47(61-30-49(62-48)35-16-18-38(19-17-35)60-29-32-13-20-41(52)42(53)23-32)26-36(37)25-46(56)50(57)55-44(51(58)59)24-31-11-14-33(15-12-31)39-21-22-54-43-10-6-9-40(39)43/h3-5,7-8,11-23,26-27,44-46,49H,2,6,9-10,24-25,28-30H2,1H3,(H,55,57)(H,58,59)/t44?,45-,46-,49+/m0/s1. The molecular formula is C51H47Cl2N3O6. The van der Waals surface area contributed by atoms with E-state index < -0.39 is 18.1 Å². The van der Waals surface area contributed by atoms with Crippen LogP contribution < -0.4 is 19.5 Å². The maximum atomic E-state index is 14.5. The average molecular weight is 869 g/mol. The fourth-order valence-corrected chi connectivity index (χ4v) is 9.40. The van der Waals surface area contributed by atoms with Gasteiger partial charge >= 0.3 is 5.97 Å². The maximum absolute atomic E-state index is 14.5. The molecule has 4 atom stereocenters. The van der Waals surface area contributed by atoms with Gasteiger partial charge in [-0.05, 0) is 125 Å². The molecule has 6 aromatic rings. The van der Waals surface area contributed by atoms with Crippen LogP contribution in [0.15, 0.2) is 121 Å². The molecule has 3 heterocycles. The van der Waals surface area contributed by atoms with Crippen LogP contribution in [0.2, 0.25) is 10.0 Å². The first kappa shape index (κ1) is 41.5. The molecule has 316 valence electrons. The minimum atomic E-state index is -1.11. The zero-order valence-corrected chi connectivity index (χ0v) is 35.9. The molecule has 5 aromatic carbocycles. The molecule has 0 spiro atoms. The fourth-order valence-electron chi connectivity index (χ4n) is 9.08. The van der Waals surface area contributed by atoms with E-state index in [1.165, 1.54) is 11.1 Å². The van der Waals surface area contributed by atoms with Gasteiger partial charge in [0.2, 0.25) is 5.91 Å². The van der Waals surface area contributed by atoms with Crippen LogP contribution in [0.4, 0.5) is 0 Å². The molecule has 9 rings (SSSR count). The second-order valence-electron chi connectivity index (χ2n) is 16.3. The van der Waals surface area contributed by atoms with Gasteiger partial charge in [-0.25, -0.2) is 4.79 Å². The van der Waals surface area contributed by atoms with Gasteiger partial charge in [0.1, 0.15) is 25.0 Å².